The Balaban J connectivity index is 2.30. The second kappa shape index (κ2) is 3.58. The Morgan fingerprint density at radius 2 is 2.25 bits per heavy atom. The molecule has 0 radical (unpaired) electrons. The summed E-state index contributed by atoms with van der Waals surface area (Å²) in [6.45, 7) is 0.613. The van der Waals surface area contributed by atoms with Crippen molar-refractivity contribution in [3.63, 3.8) is 0 Å². The van der Waals surface area contributed by atoms with Crippen LogP contribution in [0.2, 0.25) is 0 Å². The summed E-state index contributed by atoms with van der Waals surface area (Å²) < 4.78 is 9.03. The molecule has 0 aromatic carbocycles. The van der Waals surface area contributed by atoms with Crippen molar-refractivity contribution in [2.45, 2.75) is 0 Å². The first kappa shape index (κ1) is 4.58. The van der Waals surface area contributed by atoms with Crippen molar-refractivity contribution < 1.29 is 4.70 Å². The molecule has 0 bridgehead atoms. The van der Waals surface area contributed by atoms with Gasteiger partial charge in [-0.05, 0) is 0 Å². The van der Waals surface area contributed by atoms with Gasteiger partial charge in [-0.25, -0.2) is 0 Å². The molecule has 0 heterocycles. The van der Waals surface area contributed by atoms with E-state index >= 15 is 0 Å². The zero-order chi connectivity index (χ0) is 3.41. The maximum absolute atomic E-state index is 9.03. The third-order valence-electron chi connectivity index (χ3n) is 0.0398. The summed E-state index contributed by atoms with van der Waals surface area (Å²) in [4.78, 5) is 0. The van der Waals surface area contributed by atoms with Crippen LogP contribution in [0.25, 0.3) is 0 Å². The first-order chi connectivity index (χ1) is 1.91. The van der Waals surface area contributed by atoms with Crippen LogP contribution in [0.5, 0.6) is 0 Å². The average Bonchev–Trinajstić information content (AvgIpc) is 1.37. The molecule has 22 valence electrons. The molecule has 0 saturated carbocycles. The van der Waals surface area contributed by atoms with E-state index in [0.717, 1.165) is 0 Å². The monoisotopic (exact) mass is 92.9 g/mol. The molecule has 0 rings (SSSR count). The second-order valence-electron chi connectivity index (χ2n) is 0.203. The van der Waals surface area contributed by atoms with Crippen molar-refractivity contribution in [3.8, 4) is 0 Å². The van der Waals surface area contributed by atoms with Gasteiger partial charge in [0, 0.05) is 0 Å². The molecule has 0 amide bonds. The molecule has 0 unspecified atom stereocenters. The summed E-state index contributed by atoms with van der Waals surface area (Å²) in [6, 6.07) is 0. The molecule has 0 saturated heterocycles. The maximum atomic E-state index is 9.03. The minimum atomic E-state index is 0.290. The zero-order valence-corrected chi connectivity index (χ0v) is 3.46. The Morgan fingerprint density at radius 3 is 2.25 bits per heavy atom. The summed E-state index contributed by atoms with van der Waals surface area (Å²) in [6.07, 6.45) is 0. The van der Waals surface area contributed by atoms with Gasteiger partial charge in [-0.15, -0.1) is 0 Å². The molecule has 1 nitrogen and oxygen atoms in total. The van der Waals surface area contributed by atoms with Gasteiger partial charge in [0.25, 0.3) is 0 Å². The van der Waals surface area contributed by atoms with Gasteiger partial charge < -0.3 is 0 Å². The molecule has 0 aromatic heterocycles. The minimum absolute atomic E-state index is 0.290. The van der Waals surface area contributed by atoms with Gasteiger partial charge in [-0.3, -0.25) is 0 Å². The summed E-state index contributed by atoms with van der Waals surface area (Å²) in [5.74, 6) is 0. The number of rotatable bonds is 1. The van der Waals surface area contributed by atoms with Gasteiger partial charge in [0.2, 0.25) is 0 Å². The Labute approximate surface area is 31.5 Å². The van der Waals surface area contributed by atoms with E-state index in [1.165, 1.54) is 0 Å². The van der Waals surface area contributed by atoms with Crippen molar-refractivity contribution in [1.29, 1.82) is 0 Å². The van der Waals surface area contributed by atoms with Crippen LogP contribution in [0.15, 0.2) is 0 Å². The van der Waals surface area contributed by atoms with Crippen LogP contribution in [0.1, 0.15) is 0 Å². The number of halogens is 1. The molecular formula is BClOP-. The third-order valence-corrected chi connectivity index (χ3v) is 0.359. The SMILES string of the molecule is O=B[P-]Cl. The van der Waals surface area contributed by atoms with Crippen LogP contribution < -0.4 is 0 Å². The second-order valence-corrected chi connectivity index (χ2v) is 1.19. The predicted octanol–water partition coefficient (Wildman–Crippen LogP) is 1.05. The molecule has 4 heteroatoms. The van der Waals surface area contributed by atoms with E-state index in [1.807, 2.05) is 0 Å². The summed E-state index contributed by atoms with van der Waals surface area (Å²) in [7, 11) is 0.290. The average molecular weight is 93.2 g/mol. The molecule has 0 aliphatic heterocycles. The van der Waals surface area contributed by atoms with Crippen molar-refractivity contribution in [3.05, 3.63) is 0 Å². The van der Waals surface area contributed by atoms with Crippen molar-refractivity contribution in [2.75, 3.05) is 0 Å². The molecule has 0 fully saturated rings. The molecule has 0 aliphatic rings. The van der Waals surface area contributed by atoms with Crippen LogP contribution in [-0.4, -0.2) is 6.87 Å². The predicted molar refractivity (Wildman–Crippen MR) is 19.2 cm³/mol. The first-order valence-electron chi connectivity index (χ1n) is 0.663. The molecule has 0 aromatic rings. The van der Waals surface area contributed by atoms with Gasteiger partial charge in [0.1, 0.15) is 0 Å². The molecule has 0 N–H and O–H groups in total. The topological polar surface area (TPSA) is 17.1 Å². The normalized spacial score (nSPS) is 8.25. The molecule has 0 spiro atoms. The van der Waals surface area contributed by atoms with Crippen LogP contribution >= 0.6 is 19.1 Å². The van der Waals surface area contributed by atoms with Crippen LogP contribution in [0.3, 0.4) is 0 Å². The Bertz CT molecular complexity index is 22.0. The molecule has 0 aliphatic carbocycles. The summed E-state index contributed by atoms with van der Waals surface area (Å²) in [5, 5.41) is 0. The van der Waals surface area contributed by atoms with E-state index in [1.54, 1.807) is 0 Å². The molecule has 4 heavy (non-hydrogen) atoms. The van der Waals surface area contributed by atoms with E-state index in [2.05, 4.69) is 0 Å². The van der Waals surface area contributed by atoms with E-state index < -0.39 is 0 Å². The fraction of sp³-hybridized carbons (Fsp3) is 0. The van der Waals surface area contributed by atoms with Gasteiger partial charge in [-0.1, -0.05) is 0 Å². The van der Waals surface area contributed by atoms with Gasteiger partial charge in [0.05, 0.1) is 0 Å². The number of hydrogen-bond donors (Lipinski definition) is 0. The zero-order valence-electron chi connectivity index (χ0n) is 1.81. The third kappa shape index (κ3) is 2.58. The fourth-order valence-electron chi connectivity index (χ4n) is 0. The van der Waals surface area contributed by atoms with Crippen LogP contribution in [-0.2, 0) is 4.70 Å². The molecule has 0 atom stereocenters. The van der Waals surface area contributed by atoms with Gasteiger partial charge in [0.15, 0.2) is 0 Å². The Morgan fingerprint density at radius 1 is 2.00 bits per heavy atom. The Hall–Kier alpha value is 0.585. The quantitative estimate of drug-likeness (QED) is 0.350. The summed E-state index contributed by atoms with van der Waals surface area (Å²) >= 11 is 4.79. The van der Waals surface area contributed by atoms with Crippen molar-refractivity contribution in [1.82, 2.24) is 0 Å². The van der Waals surface area contributed by atoms with Gasteiger partial charge >= 0.3 is 30.6 Å². The van der Waals surface area contributed by atoms with Crippen molar-refractivity contribution in [2.24, 2.45) is 0 Å². The summed E-state index contributed by atoms with van der Waals surface area (Å²) in [5.41, 5.74) is 0. The van der Waals surface area contributed by atoms with E-state index in [-0.39, 0.29) is 0 Å². The van der Waals surface area contributed by atoms with E-state index in [4.69, 9.17) is 15.9 Å². The van der Waals surface area contributed by atoms with E-state index in [9.17, 15) is 0 Å². The van der Waals surface area contributed by atoms with Crippen LogP contribution in [0.4, 0.5) is 0 Å². The molecular weight excluding hydrogens is 93.2 g/mol. The fourth-order valence-corrected chi connectivity index (χ4v) is 0. The standard InChI is InChI=1S/BClOP/c2-4-1-3/q-1. The van der Waals surface area contributed by atoms with E-state index in [0.29, 0.717) is 14.7 Å². The van der Waals surface area contributed by atoms with Crippen LogP contribution in [0, 0.1) is 0 Å². The van der Waals surface area contributed by atoms with Crippen molar-refractivity contribution >= 4 is 25.9 Å². The Kier molecular flexibility index (Phi) is 4.11. The first-order valence-corrected chi connectivity index (χ1v) is 2.53. The van der Waals surface area contributed by atoms with Gasteiger partial charge in [-0.2, -0.15) is 0 Å². The number of hydrogen-bond acceptors (Lipinski definition) is 1.